The summed E-state index contributed by atoms with van der Waals surface area (Å²) in [4.78, 5) is 19.4. The normalized spacial score (nSPS) is 10.4. The summed E-state index contributed by atoms with van der Waals surface area (Å²) in [6.45, 7) is 1.42. The Morgan fingerprint density at radius 1 is 1.29 bits per heavy atom. The number of phenols is 1. The molecule has 0 aliphatic heterocycles. The van der Waals surface area contributed by atoms with Crippen molar-refractivity contribution in [2.24, 2.45) is 0 Å². The average molecular weight is 326 g/mol. The van der Waals surface area contributed by atoms with E-state index in [1.165, 1.54) is 20.2 Å². The van der Waals surface area contributed by atoms with Gasteiger partial charge in [-0.15, -0.1) is 0 Å². The van der Waals surface area contributed by atoms with Crippen molar-refractivity contribution in [2.45, 2.75) is 6.92 Å². The number of carbonyl (C=O) groups excluding carboxylic acids is 1. The summed E-state index contributed by atoms with van der Waals surface area (Å²) in [6, 6.07) is 8.31. The van der Waals surface area contributed by atoms with Gasteiger partial charge in [-0.25, -0.2) is 0 Å². The number of aromatic nitrogens is 3. The maximum atomic E-state index is 11.0. The van der Waals surface area contributed by atoms with Crippen LogP contribution >= 0.6 is 0 Å². The van der Waals surface area contributed by atoms with Crippen molar-refractivity contribution in [3.63, 3.8) is 0 Å². The Morgan fingerprint density at radius 2 is 2.12 bits per heavy atom. The fourth-order valence-corrected chi connectivity index (χ4v) is 2.10. The second-order valence-corrected chi connectivity index (χ2v) is 4.89. The third-order valence-corrected chi connectivity index (χ3v) is 3.19. The number of aromatic hydroxyl groups is 1. The Labute approximate surface area is 137 Å². The molecular weight excluding hydrogens is 312 g/mol. The number of methoxy groups -OCH3 is 1. The maximum absolute atomic E-state index is 11.0. The lowest BCUT2D eigenvalue weighted by Gasteiger charge is -2.04. The first-order valence-corrected chi connectivity index (χ1v) is 7.02. The maximum Gasteiger partial charge on any atom is 0.262 e. The van der Waals surface area contributed by atoms with Gasteiger partial charge >= 0.3 is 0 Å². The molecule has 0 aliphatic rings. The van der Waals surface area contributed by atoms with Crippen molar-refractivity contribution in [1.82, 2.24) is 15.1 Å². The summed E-state index contributed by atoms with van der Waals surface area (Å²) < 4.78 is 10.3. The van der Waals surface area contributed by atoms with Gasteiger partial charge in [-0.2, -0.15) is 4.98 Å². The first kappa shape index (κ1) is 15.5. The number of rotatable bonds is 4. The first-order chi connectivity index (χ1) is 11.6. The lowest BCUT2D eigenvalue weighted by molar-refractivity contribution is -0.114. The van der Waals surface area contributed by atoms with Crippen molar-refractivity contribution in [1.29, 1.82) is 0 Å². The highest BCUT2D eigenvalue weighted by Crippen LogP contribution is 2.36. The van der Waals surface area contributed by atoms with Gasteiger partial charge in [-0.05, 0) is 24.3 Å². The van der Waals surface area contributed by atoms with Crippen molar-refractivity contribution >= 4 is 11.6 Å². The molecule has 8 nitrogen and oxygen atoms in total. The number of nitrogens with zero attached hydrogens (tertiary/aromatic N) is 3. The Balaban J connectivity index is 1.89. The van der Waals surface area contributed by atoms with E-state index in [9.17, 15) is 9.90 Å². The first-order valence-electron chi connectivity index (χ1n) is 7.02. The van der Waals surface area contributed by atoms with E-state index >= 15 is 0 Å². The van der Waals surface area contributed by atoms with Crippen LogP contribution in [0.5, 0.6) is 11.5 Å². The zero-order valence-corrected chi connectivity index (χ0v) is 13.0. The minimum Gasteiger partial charge on any atom is -0.504 e. The second kappa shape index (κ2) is 6.37. The van der Waals surface area contributed by atoms with Crippen molar-refractivity contribution in [2.75, 3.05) is 12.4 Å². The molecule has 2 aromatic heterocycles. The number of anilines is 1. The molecule has 3 aromatic rings. The Kier molecular flexibility index (Phi) is 4.11. The number of amides is 1. The quantitative estimate of drug-likeness (QED) is 0.757. The summed E-state index contributed by atoms with van der Waals surface area (Å²) in [6.07, 6.45) is 1.50. The predicted molar refractivity (Wildman–Crippen MR) is 85.5 cm³/mol. The van der Waals surface area contributed by atoms with Crippen LogP contribution < -0.4 is 10.1 Å². The summed E-state index contributed by atoms with van der Waals surface area (Å²) in [7, 11) is 1.46. The molecule has 0 bridgehead atoms. The monoisotopic (exact) mass is 326 g/mol. The summed E-state index contributed by atoms with van der Waals surface area (Å²) in [5.74, 6) is 0.463. The van der Waals surface area contributed by atoms with Crippen LogP contribution in [0.25, 0.3) is 23.0 Å². The molecule has 0 unspecified atom stereocenters. The van der Waals surface area contributed by atoms with Crippen LogP contribution in [-0.2, 0) is 4.79 Å². The number of hydrogen-bond acceptors (Lipinski definition) is 7. The molecule has 0 aliphatic carbocycles. The van der Waals surface area contributed by atoms with Crippen LogP contribution in [0, 0.1) is 0 Å². The summed E-state index contributed by atoms with van der Waals surface area (Å²) >= 11 is 0. The van der Waals surface area contributed by atoms with Crippen molar-refractivity contribution in [3.05, 3.63) is 36.5 Å². The van der Waals surface area contributed by atoms with Gasteiger partial charge in [0.05, 0.1) is 24.6 Å². The van der Waals surface area contributed by atoms with Gasteiger partial charge in [-0.1, -0.05) is 11.2 Å². The number of hydrogen-bond donors (Lipinski definition) is 2. The molecule has 0 saturated carbocycles. The SMILES string of the molecule is COc1cccc(-c2nc(-c3ccc(NC(C)=O)cn3)no2)c1O. The molecule has 24 heavy (non-hydrogen) atoms. The van der Waals surface area contributed by atoms with Crippen LogP contribution in [0.3, 0.4) is 0 Å². The highest BCUT2D eigenvalue weighted by molar-refractivity contribution is 5.88. The van der Waals surface area contributed by atoms with Gasteiger partial charge in [0.25, 0.3) is 5.89 Å². The number of ether oxygens (including phenoxy) is 1. The standard InChI is InChI=1S/C16H14N4O4/c1-9(21)18-10-6-7-12(17-8-10)15-19-16(24-20-15)11-4-3-5-13(23-2)14(11)22/h3-8,22H,1-2H3,(H,18,21). The fourth-order valence-electron chi connectivity index (χ4n) is 2.10. The zero-order chi connectivity index (χ0) is 17.1. The lowest BCUT2D eigenvalue weighted by atomic mass is 10.2. The molecule has 3 rings (SSSR count). The number of para-hydroxylation sites is 1. The number of nitrogens with one attached hydrogen (secondary N) is 1. The van der Waals surface area contributed by atoms with E-state index < -0.39 is 0 Å². The molecule has 0 radical (unpaired) electrons. The number of carbonyl (C=O) groups is 1. The molecular formula is C16H14N4O4. The van der Waals surface area contributed by atoms with Crippen LogP contribution in [0.2, 0.25) is 0 Å². The van der Waals surface area contributed by atoms with E-state index in [2.05, 4.69) is 20.4 Å². The highest BCUT2D eigenvalue weighted by Gasteiger charge is 2.17. The van der Waals surface area contributed by atoms with Crippen LogP contribution in [0.15, 0.2) is 41.1 Å². The third-order valence-electron chi connectivity index (χ3n) is 3.19. The Morgan fingerprint density at radius 3 is 2.79 bits per heavy atom. The molecule has 1 amide bonds. The molecule has 2 heterocycles. The van der Waals surface area contributed by atoms with E-state index in [1.54, 1.807) is 30.3 Å². The average Bonchev–Trinajstić information content (AvgIpc) is 3.05. The van der Waals surface area contributed by atoms with Crippen LogP contribution in [0.1, 0.15) is 6.92 Å². The predicted octanol–water partition coefficient (Wildman–Crippen LogP) is 2.47. The minimum absolute atomic E-state index is 0.0795. The smallest absolute Gasteiger partial charge is 0.262 e. The van der Waals surface area contributed by atoms with Crippen LogP contribution in [-0.4, -0.2) is 33.2 Å². The van der Waals surface area contributed by atoms with Gasteiger partial charge in [0.1, 0.15) is 5.69 Å². The Hall–Kier alpha value is -3.42. The fraction of sp³-hybridized carbons (Fsp3) is 0.125. The molecule has 2 N–H and O–H groups in total. The minimum atomic E-state index is -0.181. The van der Waals surface area contributed by atoms with Gasteiger partial charge in [0.15, 0.2) is 11.5 Å². The molecule has 0 spiro atoms. The molecule has 122 valence electrons. The second-order valence-electron chi connectivity index (χ2n) is 4.89. The summed E-state index contributed by atoms with van der Waals surface area (Å²) in [5.41, 5.74) is 1.41. The van der Waals surface area contributed by atoms with Gasteiger partial charge in [0, 0.05) is 6.92 Å². The third kappa shape index (κ3) is 3.02. The van der Waals surface area contributed by atoms with Gasteiger partial charge in [0.2, 0.25) is 11.7 Å². The number of phenolic OH excluding ortho intramolecular Hbond substituents is 1. The van der Waals surface area contributed by atoms with E-state index in [0.29, 0.717) is 22.7 Å². The Bertz CT molecular complexity index is 874. The van der Waals surface area contributed by atoms with E-state index in [0.717, 1.165) is 0 Å². The topological polar surface area (TPSA) is 110 Å². The van der Waals surface area contributed by atoms with Crippen molar-refractivity contribution < 1.29 is 19.2 Å². The molecule has 1 aromatic carbocycles. The largest absolute Gasteiger partial charge is 0.504 e. The van der Waals surface area contributed by atoms with Gasteiger partial charge in [-0.3, -0.25) is 9.78 Å². The number of pyridine rings is 1. The zero-order valence-electron chi connectivity index (χ0n) is 13.0. The number of benzene rings is 1. The van der Waals surface area contributed by atoms with Gasteiger partial charge < -0.3 is 19.7 Å². The summed E-state index contributed by atoms with van der Waals surface area (Å²) in [5, 5.41) is 16.6. The molecule has 8 heteroatoms. The van der Waals surface area contributed by atoms with Crippen molar-refractivity contribution in [3.8, 4) is 34.5 Å². The van der Waals surface area contributed by atoms with E-state index in [-0.39, 0.29) is 23.4 Å². The van der Waals surface area contributed by atoms with Crippen LogP contribution in [0.4, 0.5) is 5.69 Å². The highest BCUT2D eigenvalue weighted by atomic mass is 16.5. The molecule has 0 atom stereocenters. The lowest BCUT2D eigenvalue weighted by Crippen LogP contribution is -2.05. The van der Waals surface area contributed by atoms with E-state index in [4.69, 9.17) is 9.26 Å². The molecule has 0 fully saturated rings. The van der Waals surface area contributed by atoms with E-state index in [1.807, 2.05) is 0 Å². The molecule has 0 saturated heterocycles.